The van der Waals surface area contributed by atoms with E-state index in [0.29, 0.717) is 29.1 Å². The van der Waals surface area contributed by atoms with Crippen LogP contribution in [-0.4, -0.2) is 65.0 Å². The van der Waals surface area contributed by atoms with Crippen LogP contribution >= 0.6 is 0 Å². The molecule has 0 radical (unpaired) electrons. The van der Waals surface area contributed by atoms with Crippen molar-refractivity contribution in [3.63, 3.8) is 0 Å². The van der Waals surface area contributed by atoms with Gasteiger partial charge < -0.3 is 29.4 Å². The third-order valence-electron chi connectivity index (χ3n) is 6.51. The SMILES string of the molecule is CO[C@H]1CN(C(=O)Cc2ccc(OC(F)(F)F)cc2)C[C@@H](C)C1Oc1ccc(-c2cn(C)cn2)cc1C(N)=O. The summed E-state index contributed by atoms with van der Waals surface area (Å²) in [4.78, 5) is 31.2. The molecule has 1 aromatic heterocycles. The van der Waals surface area contributed by atoms with Crippen LogP contribution in [0.4, 0.5) is 13.2 Å². The van der Waals surface area contributed by atoms with Crippen molar-refractivity contribution in [3.8, 4) is 22.8 Å². The largest absolute Gasteiger partial charge is 0.573 e. The summed E-state index contributed by atoms with van der Waals surface area (Å²) in [6.45, 7) is 2.50. The Bertz CT molecular complexity index is 1330. The molecule has 0 aliphatic carbocycles. The van der Waals surface area contributed by atoms with Crippen LogP contribution in [0.2, 0.25) is 0 Å². The number of halogens is 3. The number of rotatable bonds is 8. The van der Waals surface area contributed by atoms with Crippen LogP contribution in [0.5, 0.6) is 11.5 Å². The van der Waals surface area contributed by atoms with Gasteiger partial charge in [0.2, 0.25) is 5.91 Å². The first-order valence-corrected chi connectivity index (χ1v) is 12.2. The second-order valence-corrected chi connectivity index (χ2v) is 9.50. The molecule has 208 valence electrons. The minimum Gasteiger partial charge on any atom is -0.486 e. The predicted octanol–water partition coefficient (Wildman–Crippen LogP) is 3.57. The number of amides is 2. The van der Waals surface area contributed by atoms with Crippen LogP contribution in [0.1, 0.15) is 22.8 Å². The number of carbonyl (C=O) groups excluding carboxylic acids is 2. The number of ether oxygens (including phenoxy) is 3. The highest BCUT2D eigenvalue weighted by atomic mass is 19.4. The standard InChI is InChI=1S/C27H29F3N4O5/c1-16-12-34(24(35)10-17-4-7-19(8-5-17)39-27(28,29)30)14-23(37-3)25(16)38-22-9-6-18(11-20(22)26(31)36)21-13-33(2)15-32-21/h4-9,11,13,15-16,23,25H,10,12,14H2,1-3H3,(H2,31,36)/t16-,23+,25?/m1/s1. The summed E-state index contributed by atoms with van der Waals surface area (Å²) in [6, 6.07) is 10.3. The number of piperidine rings is 1. The van der Waals surface area contributed by atoms with Crippen LogP contribution in [0.25, 0.3) is 11.3 Å². The smallest absolute Gasteiger partial charge is 0.486 e. The molecule has 2 N–H and O–H groups in total. The van der Waals surface area contributed by atoms with Crippen LogP contribution in [0, 0.1) is 5.92 Å². The Morgan fingerprint density at radius 1 is 1.13 bits per heavy atom. The Morgan fingerprint density at radius 3 is 2.44 bits per heavy atom. The van der Waals surface area contributed by atoms with Gasteiger partial charge in [-0.05, 0) is 35.9 Å². The molecular formula is C27H29F3N4O5. The Morgan fingerprint density at radius 2 is 1.85 bits per heavy atom. The number of methoxy groups -OCH3 is 1. The van der Waals surface area contributed by atoms with Gasteiger partial charge in [0.25, 0.3) is 5.91 Å². The second kappa shape index (κ2) is 11.4. The van der Waals surface area contributed by atoms with Gasteiger partial charge in [0.1, 0.15) is 23.7 Å². The summed E-state index contributed by atoms with van der Waals surface area (Å²) in [6.07, 6.45) is -2.29. The number of aromatic nitrogens is 2. The van der Waals surface area contributed by atoms with E-state index in [1.807, 2.05) is 20.2 Å². The highest BCUT2D eigenvalue weighted by Crippen LogP contribution is 2.31. The monoisotopic (exact) mass is 546 g/mol. The number of nitrogens with two attached hydrogens (primary N) is 1. The van der Waals surface area contributed by atoms with Crippen molar-refractivity contribution in [3.05, 3.63) is 66.1 Å². The third kappa shape index (κ3) is 6.88. The van der Waals surface area contributed by atoms with E-state index in [2.05, 4.69) is 9.72 Å². The maximum absolute atomic E-state index is 13.0. The number of imidazole rings is 1. The number of aryl methyl sites for hydroxylation is 1. The van der Waals surface area contributed by atoms with Gasteiger partial charge in [-0.2, -0.15) is 0 Å². The fourth-order valence-electron chi connectivity index (χ4n) is 4.61. The lowest BCUT2D eigenvalue weighted by atomic mass is 9.93. The zero-order valence-corrected chi connectivity index (χ0v) is 21.6. The van der Waals surface area contributed by atoms with Crippen molar-refractivity contribution < 1.29 is 37.0 Å². The Kier molecular flexibility index (Phi) is 8.14. The number of nitrogens with zero attached hydrogens (tertiary/aromatic N) is 3. The van der Waals surface area contributed by atoms with Crippen molar-refractivity contribution in [1.29, 1.82) is 0 Å². The molecular weight excluding hydrogens is 517 g/mol. The fraction of sp³-hybridized carbons (Fsp3) is 0.370. The lowest BCUT2D eigenvalue weighted by Crippen LogP contribution is -2.56. The van der Waals surface area contributed by atoms with E-state index >= 15 is 0 Å². The van der Waals surface area contributed by atoms with E-state index in [0.717, 1.165) is 0 Å². The molecule has 39 heavy (non-hydrogen) atoms. The molecule has 1 unspecified atom stereocenters. The predicted molar refractivity (Wildman–Crippen MR) is 135 cm³/mol. The van der Waals surface area contributed by atoms with E-state index < -0.39 is 24.5 Å². The van der Waals surface area contributed by atoms with Crippen molar-refractivity contribution in [2.75, 3.05) is 20.2 Å². The van der Waals surface area contributed by atoms with Gasteiger partial charge in [-0.3, -0.25) is 9.59 Å². The molecule has 2 amide bonds. The van der Waals surface area contributed by atoms with Crippen molar-refractivity contribution in [1.82, 2.24) is 14.5 Å². The Hall–Kier alpha value is -4.06. The number of carbonyl (C=O) groups is 2. The number of benzene rings is 2. The fourth-order valence-corrected chi connectivity index (χ4v) is 4.61. The molecule has 1 aliphatic heterocycles. The summed E-state index contributed by atoms with van der Waals surface area (Å²) in [5.41, 5.74) is 7.81. The molecule has 0 saturated carbocycles. The highest BCUT2D eigenvalue weighted by molar-refractivity contribution is 5.97. The molecule has 1 fully saturated rings. The van der Waals surface area contributed by atoms with E-state index in [-0.39, 0.29) is 36.1 Å². The number of alkyl halides is 3. The average Bonchev–Trinajstić information content (AvgIpc) is 3.31. The minimum atomic E-state index is -4.78. The van der Waals surface area contributed by atoms with Gasteiger partial charge in [-0.15, -0.1) is 13.2 Å². The van der Waals surface area contributed by atoms with Gasteiger partial charge in [0.15, 0.2) is 0 Å². The Balaban J connectivity index is 1.44. The van der Waals surface area contributed by atoms with Gasteiger partial charge in [-0.1, -0.05) is 19.1 Å². The molecule has 4 rings (SSSR count). The number of likely N-dealkylation sites (tertiary alicyclic amines) is 1. The van der Waals surface area contributed by atoms with Gasteiger partial charge in [0, 0.05) is 38.4 Å². The topological polar surface area (TPSA) is 109 Å². The molecule has 9 nitrogen and oxygen atoms in total. The van der Waals surface area contributed by atoms with Gasteiger partial charge in [-0.25, -0.2) is 4.98 Å². The zero-order chi connectivity index (χ0) is 28.3. The first kappa shape index (κ1) is 28.0. The molecule has 3 aromatic rings. The number of hydrogen-bond acceptors (Lipinski definition) is 6. The van der Waals surface area contributed by atoms with Gasteiger partial charge in [0.05, 0.1) is 30.6 Å². The molecule has 3 atom stereocenters. The maximum Gasteiger partial charge on any atom is 0.573 e. The number of primary amides is 1. The summed E-state index contributed by atoms with van der Waals surface area (Å²) < 4.78 is 54.8. The molecule has 1 aliphatic rings. The molecule has 2 heterocycles. The lowest BCUT2D eigenvalue weighted by Gasteiger charge is -2.42. The summed E-state index contributed by atoms with van der Waals surface area (Å²) >= 11 is 0. The maximum atomic E-state index is 13.0. The normalized spacial score (nSPS) is 19.5. The molecule has 0 bridgehead atoms. The molecule has 0 spiro atoms. The second-order valence-electron chi connectivity index (χ2n) is 9.50. The van der Waals surface area contributed by atoms with E-state index in [4.69, 9.17) is 15.2 Å². The van der Waals surface area contributed by atoms with Crippen LogP contribution in [-0.2, 0) is 23.0 Å². The zero-order valence-electron chi connectivity index (χ0n) is 21.6. The van der Waals surface area contributed by atoms with E-state index in [1.54, 1.807) is 34.0 Å². The summed E-state index contributed by atoms with van der Waals surface area (Å²) in [5.74, 6) is -1.07. The third-order valence-corrected chi connectivity index (χ3v) is 6.51. The Labute approximate surface area is 223 Å². The van der Waals surface area contributed by atoms with Crippen molar-refractivity contribution in [2.24, 2.45) is 18.7 Å². The first-order chi connectivity index (χ1) is 18.4. The van der Waals surface area contributed by atoms with Crippen LogP contribution in [0.15, 0.2) is 55.0 Å². The molecule has 1 saturated heterocycles. The van der Waals surface area contributed by atoms with Gasteiger partial charge >= 0.3 is 6.36 Å². The molecule has 12 heteroatoms. The van der Waals surface area contributed by atoms with Crippen molar-refractivity contribution in [2.45, 2.75) is 31.9 Å². The molecule has 2 aromatic carbocycles. The van der Waals surface area contributed by atoms with E-state index in [9.17, 15) is 22.8 Å². The summed E-state index contributed by atoms with van der Waals surface area (Å²) in [5, 5.41) is 0. The van der Waals surface area contributed by atoms with Crippen LogP contribution < -0.4 is 15.2 Å². The summed E-state index contributed by atoms with van der Waals surface area (Å²) in [7, 11) is 3.36. The first-order valence-electron chi connectivity index (χ1n) is 12.2. The quantitative estimate of drug-likeness (QED) is 0.463. The highest BCUT2D eigenvalue weighted by Gasteiger charge is 2.39. The van der Waals surface area contributed by atoms with Crippen molar-refractivity contribution >= 4 is 11.8 Å². The number of hydrogen-bond donors (Lipinski definition) is 1. The van der Waals surface area contributed by atoms with Crippen LogP contribution in [0.3, 0.4) is 0 Å². The van der Waals surface area contributed by atoms with E-state index in [1.165, 1.54) is 31.4 Å². The minimum absolute atomic E-state index is 0.00177. The average molecular weight is 547 g/mol. The lowest BCUT2D eigenvalue weighted by molar-refractivity contribution is -0.274.